The van der Waals surface area contributed by atoms with Crippen LogP contribution in [-0.4, -0.2) is 56.1 Å². The number of thioether (sulfide) groups is 1. The van der Waals surface area contributed by atoms with Gasteiger partial charge in [0.1, 0.15) is 6.04 Å². The van der Waals surface area contributed by atoms with Crippen LogP contribution < -0.4 is 0 Å². The molecule has 2 heterocycles. The molecular formula is C14H19N3O3S. The number of carboxylic acid groups (broad SMARTS) is 1. The number of rotatable bonds is 4. The maximum absolute atomic E-state index is 12.6. The topological polar surface area (TPSA) is 73.7 Å². The third kappa shape index (κ3) is 3.47. The van der Waals surface area contributed by atoms with E-state index in [0.29, 0.717) is 12.3 Å². The summed E-state index contributed by atoms with van der Waals surface area (Å²) in [6.45, 7) is 2.40. The standard InChI is InChI=1S/C14H19N3O3S/c1-3-12-17(11(9-21-12)13(18)19)14(20)16(2)8-10-4-6-15-7-5-10/h4-7,11-12H,3,8-9H2,1-2H3,(H,18,19). The zero-order chi connectivity index (χ0) is 15.4. The van der Waals surface area contributed by atoms with E-state index >= 15 is 0 Å². The Hall–Kier alpha value is -1.76. The SMILES string of the molecule is CCC1SCC(C(=O)O)N1C(=O)N(C)Cc1ccncc1. The van der Waals surface area contributed by atoms with E-state index in [9.17, 15) is 14.7 Å². The van der Waals surface area contributed by atoms with Crippen LogP contribution in [0.3, 0.4) is 0 Å². The van der Waals surface area contributed by atoms with E-state index in [1.54, 1.807) is 24.3 Å². The summed E-state index contributed by atoms with van der Waals surface area (Å²) in [5, 5.41) is 9.21. The molecule has 1 fully saturated rings. The monoisotopic (exact) mass is 309 g/mol. The average Bonchev–Trinajstić information content (AvgIpc) is 2.91. The van der Waals surface area contributed by atoms with E-state index in [4.69, 9.17) is 0 Å². The Morgan fingerprint density at radius 3 is 2.71 bits per heavy atom. The highest BCUT2D eigenvalue weighted by Crippen LogP contribution is 2.32. The molecule has 1 aliphatic heterocycles. The third-order valence-corrected chi connectivity index (χ3v) is 4.90. The first-order valence-electron chi connectivity index (χ1n) is 6.81. The molecule has 114 valence electrons. The number of carbonyl (C=O) groups is 2. The van der Waals surface area contributed by atoms with Crippen molar-refractivity contribution >= 4 is 23.8 Å². The van der Waals surface area contributed by atoms with Crippen molar-refractivity contribution < 1.29 is 14.7 Å². The highest BCUT2D eigenvalue weighted by atomic mass is 32.2. The van der Waals surface area contributed by atoms with Crippen molar-refractivity contribution in [1.82, 2.24) is 14.8 Å². The average molecular weight is 309 g/mol. The highest BCUT2D eigenvalue weighted by Gasteiger charge is 2.41. The summed E-state index contributed by atoms with van der Waals surface area (Å²) in [7, 11) is 1.69. The summed E-state index contributed by atoms with van der Waals surface area (Å²) in [4.78, 5) is 30.9. The Bertz CT molecular complexity index is 511. The molecule has 0 aromatic carbocycles. The molecule has 21 heavy (non-hydrogen) atoms. The molecule has 0 spiro atoms. The molecule has 1 aromatic heterocycles. The molecule has 0 radical (unpaired) electrons. The van der Waals surface area contributed by atoms with Crippen LogP contribution in [0.1, 0.15) is 18.9 Å². The number of amides is 2. The lowest BCUT2D eigenvalue weighted by molar-refractivity contribution is -0.141. The number of hydrogen-bond donors (Lipinski definition) is 1. The number of pyridine rings is 1. The van der Waals surface area contributed by atoms with Crippen LogP contribution in [0.5, 0.6) is 0 Å². The number of nitrogens with zero attached hydrogens (tertiary/aromatic N) is 3. The van der Waals surface area contributed by atoms with E-state index < -0.39 is 12.0 Å². The fourth-order valence-corrected chi connectivity index (χ4v) is 3.69. The number of aromatic nitrogens is 1. The van der Waals surface area contributed by atoms with Crippen LogP contribution in [0.4, 0.5) is 4.79 Å². The molecule has 2 unspecified atom stereocenters. The molecule has 2 amide bonds. The smallest absolute Gasteiger partial charge is 0.327 e. The first-order valence-corrected chi connectivity index (χ1v) is 7.86. The van der Waals surface area contributed by atoms with Crippen molar-refractivity contribution in [2.45, 2.75) is 31.3 Å². The molecule has 1 saturated heterocycles. The number of hydrogen-bond acceptors (Lipinski definition) is 4. The fraction of sp³-hybridized carbons (Fsp3) is 0.500. The zero-order valence-electron chi connectivity index (χ0n) is 12.1. The molecule has 2 atom stereocenters. The Kier molecular flexibility index (Phi) is 5.06. The number of aliphatic carboxylic acids is 1. The second kappa shape index (κ2) is 6.80. The van der Waals surface area contributed by atoms with Crippen molar-refractivity contribution in [3.05, 3.63) is 30.1 Å². The lowest BCUT2D eigenvalue weighted by Crippen LogP contribution is -2.50. The predicted octanol–water partition coefficient (Wildman–Crippen LogP) is 1.87. The quantitative estimate of drug-likeness (QED) is 0.919. The second-order valence-corrected chi connectivity index (χ2v) is 6.16. The first kappa shape index (κ1) is 15.6. The van der Waals surface area contributed by atoms with Gasteiger partial charge in [-0.25, -0.2) is 9.59 Å². The van der Waals surface area contributed by atoms with Crippen LogP contribution in [-0.2, 0) is 11.3 Å². The van der Waals surface area contributed by atoms with E-state index in [0.717, 1.165) is 12.0 Å². The molecule has 1 aromatic rings. The van der Waals surface area contributed by atoms with Crippen LogP contribution in [0, 0.1) is 0 Å². The van der Waals surface area contributed by atoms with E-state index in [-0.39, 0.29) is 11.4 Å². The normalized spacial score (nSPS) is 21.3. The minimum absolute atomic E-state index is 0.0708. The van der Waals surface area contributed by atoms with Crippen LogP contribution in [0.2, 0.25) is 0 Å². The van der Waals surface area contributed by atoms with E-state index in [1.165, 1.54) is 16.7 Å². The summed E-state index contributed by atoms with van der Waals surface area (Å²) in [6, 6.07) is 2.70. The van der Waals surface area contributed by atoms with Crippen molar-refractivity contribution in [2.75, 3.05) is 12.8 Å². The van der Waals surface area contributed by atoms with Crippen molar-refractivity contribution in [2.24, 2.45) is 0 Å². The predicted molar refractivity (Wildman–Crippen MR) is 80.9 cm³/mol. The molecule has 0 aliphatic carbocycles. The second-order valence-electron chi connectivity index (χ2n) is 4.95. The maximum Gasteiger partial charge on any atom is 0.327 e. The molecule has 2 rings (SSSR count). The van der Waals surface area contributed by atoms with Gasteiger partial charge in [-0.15, -0.1) is 11.8 Å². The summed E-state index contributed by atoms with van der Waals surface area (Å²) < 4.78 is 0. The van der Waals surface area contributed by atoms with Gasteiger partial charge in [-0.3, -0.25) is 9.88 Å². The Labute approximate surface area is 128 Å². The number of urea groups is 1. The van der Waals surface area contributed by atoms with Gasteiger partial charge >= 0.3 is 12.0 Å². The third-order valence-electron chi connectivity index (χ3n) is 3.44. The van der Waals surface area contributed by atoms with Crippen molar-refractivity contribution in [3.8, 4) is 0 Å². The molecule has 0 saturated carbocycles. The molecule has 6 nitrogen and oxygen atoms in total. The molecule has 0 bridgehead atoms. The minimum Gasteiger partial charge on any atom is -0.480 e. The molecular weight excluding hydrogens is 290 g/mol. The lowest BCUT2D eigenvalue weighted by Gasteiger charge is -2.31. The summed E-state index contributed by atoms with van der Waals surface area (Å²) in [5.41, 5.74) is 0.965. The van der Waals surface area contributed by atoms with Gasteiger partial charge in [-0.2, -0.15) is 0 Å². The van der Waals surface area contributed by atoms with Gasteiger partial charge < -0.3 is 10.0 Å². The van der Waals surface area contributed by atoms with Gasteiger partial charge in [0.2, 0.25) is 0 Å². The number of carboxylic acids is 1. The maximum atomic E-state index is 12.6. The molecule has 1 aliphatic rings. The van der Waals surface area contributed by atoms with Gasteiger partial charge in [0.15, 0.2) is 0 Å². The largest absolute Gasteiger partial charge is 0.480 e. The minimum atomic E-state index is -0.941. The zero-order valence-corrected chi connectivity index (χ0v) is 12.9. The van der Waals surface area contributed by atoms with Crippen molar-refractivity contribution in [1.29, 1.82) is 0 Å². The highest BCUT2D eigenvalue weighted by molar-refractivity contribution is 8.00. The van der Waals surface area contributed by atoms with Gasteiger partial charge in [0.25, 0.3) is 0 Å². The van der Waals surface area contributed by atoms with Crippen LogP contribution in [0.25, 0.3) is 0 Å². The van der Waals surface area contributed by atoms with Crippen molar-refractivity contribution in [3.63, 3.8) is 0 Å². The van der Waals surface area contributed by atoms with E-state index in [2.05, 4.69) is 4.98 Å². The molecule has 1 N–H and O–H groups in total. The summed E-state index contributed by atoms with van der Waals surface area (Å²) in [5.74, 6) is -0.494. The van der Waals surface area contributed by atoms with Crippen LogP contribution in [0.15, 0.2) is 24.5 Å². The first-order chi connectivity index (χ1) is 10.0. The van der Waals surface area contributed by atoms with E-state index in [1.807, 2.05) is 19.1 Å². The Morgan fingerprint density at radius 2 is 2.14 bits per heavy atom. The van der Waals surface area contributed by atoms with Gasteiger partial charge in [0.05, 0.1) is 5.37 Å². The Morgan fingerprint density at radius 1 is 1.48 bits per heavy atom. The summed E-state index contributed by atoms with van der Waals surface area (Å²) >= 11 is 1.53. The van der Waals surface area contributed by atoms with Gasteiger partial charge in [-0.05, 0) is 24.1 Å². The van der Waals surface area contributed by atoms with Gasteiger partial charge in [0, 0.05) is 31.7 Å². The molecule has 7 heteroatoms. The summed E-state index contributed by atoms with van der Waals surface area (Å²) in [6.07, 6.45) is 4.09. The van der Waals surface area contributed by atoms with Gasteiger partial charge in [-0.1, -0.05) is 6.92 Å². The van der Waals surface area contributed by atoms with Crippen LogP contribution >= 0.6 is 11.8 Å². The Balaban J connectivity index is 2.10. The number of carbonyl (C=O) groups excluding carboxylic acids is 1. The lowest BCUT2D eigenvalue weighted by atomic mass is 10.2. The fourth-order valence-electron chi connectivity index (χ4n) is 2.35.